The van der Waals surface area contributed by atoms with Crippen molar-refractivity contribution >= 4 is 11.8 Å². The highest BCUT2D eigenvalue weighted by Crippen LogP contribution is 2.16. The van der Waals surface area contributed by atoms with Gasteiger partial charge in [0, 0.05) is 50.3 Å². The Hall–Kier alpha value is -4.30. The van der Waals surface area contributed by atoms with E-state index in [1.165, 1.54) is 35.2 Å². The molecule has 8 heteroatoms. The maximum Gasteiger partial charge on any atom is 0.254 e. The molecule has 0 N–H and O–H groups in total. The molecule has 3 aromatic carbocycles. The van der Waals surface area contributed by atoms with Crippen molar-refractivity contribution in [2.45, 2.75) is 33.0 Å². The first-order valence-corrected chi connectivity index (χ1v) is 13.8. The number of carbonyl (C=O) groups is 2. The Morgan fingerprint density at radius 2 is 1.59 bits per heavy atom. The number of aromatic nitrogens is 1. The van der Waals surface area contributed by atoms with Crippen LogP contribution < -0.4 is 0 Å². The van der Waals surface area contributed by atoms with Gasteiger partial charge < -0.3 is 19.1 Å². The van der Waals surface area contributed by atoms with Gasteiger partial charge in [-0.25, -0.2) is 8.78 Å². The van der Waals surface area contributed by atoms with E-state index in [0.29, 0.717) is 45.8 Å². The zero-order chi connectivity index (χ0) is 29.0. The van der Waals surface area contributed by atoms with Crippen molar-refractivity contribution in [3.05, 3.63) is 131 Å². The first kappa shape index (κ1) is 29.7. The molecule has 41 heavy (non-hydrogen) atoms. The summed E-state index contributed by atoms with van der Waals surface area (Å²) in [4.78, 5) is 30.4. The minimum Gasteiger partial charge on any atom is -0.382 e. The predicted molar refractivity (Wildman–Crippen MR) is 154 cm³/mol. The van der Waals surface area contributed by atoms with E-state index >= 15 is 0 Å². The monoisotopic (exact) mass is 559 g/mol. The van der Waals surface area contributed by atoms with Crippen molar-refractivity contribution in [2.24, 2.45) is 0 Å². The molecule has 4 rings (SSSR count). The molecule has 0 atom stereocenters. The van der Waals surface area contributed by atoms with Gasteiger partial charge in [0.2, 0.25) is 5.91 Å². The fourth-order valence-electron chi connectivity index (χ4n) is 4.59. The van der Waals surface area contributed by atoms with Gasteiger partial charge in [0.25, 0.3) is 5.91 Å². The van der Waals surface area contributed by atoms with Crippen molar-refractivity contribution in [3.8, 4) is 0 Å². The lowest BCUT2D eigenvalue weighted by molar-refractivity contribution is -0.133. The van der Waals surface area contributed by atoms with E-state index in [0.717, 1.165) is 16.8 Å². The van der Waals surface area contributed by atoms with E-state index in [9.17, 15) is 18.4 Å². The van der Waals surface area contributed by atoms with Crippen LogP contribution in [0.3, 0.4) is 0 Å². The molecule has 0 radical (unpaired) electrons. The van der Waals surface area contributed by atoms with Crippen LogP contribution in [0.25, 0.3) is 0 Å². The van der Waals surface area contributed by atoms with Crippen LogP contribution in [0.15, 0.2) is 97.2 Å². The van der Waals surface area contributed by atoms with E-state index in [2.05, 4.69) is 0 Å². The summed E-state index contributed by atoms with van der Waals surface area (Å²) in [6, 6.07) is 25.4. The van der Waals surface area contributed by atoms with Crippen molar-refractivity contribution in [1.82, 2.24) is 14.4 Å². The molecule has 0 fully saturated rings. The van der Waals surface area contributed by atoms with Crippen LogP contribution in [0.1, 0.15) is 40.5 Å². The molecule has 4 aromatic rings. The minimum atomic E-state index is -0.510. The Morgan fingerprint density at radius 3 is 2.32 bits per heavy atom. The second-order valence-electron chi connectivity index (χ2n) is 9.78. The number of carbonyl (C=O) groups excluding carboxylic acids is 2. The van der Waals surface area contributed by atoms with Gasteiger partial charge >= 0.3 is 0 Å². The Morgan fingerprint density at radius 1 is 0.805 bits per heavy atom. The summed E-state index contributed by atoms with van der Waals surface area (Å²) >= 11 is 0. The Labute approximate surface area is 239 Å². The second kappa shape index (κ2) is 14.9. The van der Waals surface area contributed by atoms with Gasteiger partial charge in [0.15, 0.2) is 0 Å². The van der Waals surface area contributed by atoms with Crippen LogP contribution in [0.4, 0.5) is 8.78 Å². The second-order valence-corrected chi connectivity index (χ2v) is 9.78. The van der Waals surface area contributed by atoms with Crippen LogP contribution in [-0.2, 0) is 29.2 Å². The van der Waals surface area contributed by atoms with Crippen LogP contribution in [0, 0.1) is 11.6 Å². The number of hydrogen-bond donors (Lipinski definition) is 0. The number of nitrogens with zero attached hydrogens (tertiary/aromatic N) is 3. The smallest absolute Gasteiger partial charge is 0.254 e. The normalized spacial score (nSPS) is 10.9. The molecule has 0 aliphatic carbocycles. The topological polar surface area (TPSA) is 54.8 Å². The number of hydrogen-bond acceptors (Lipinski definition) is 3. The average Bonchev–Trinajstić information content (AvgIpc) is 3.41. The van der Waals surface area contributed by atoms with Gasteiger partial charge in [-0.3, -0.25) is 9.59 Å². The van der Waals surface area contributed by atoms with Gasteiger partial charge in [0.05, 0.1) is 6.54 Å². The largest absolute Gasteiger partial charge is 0.382 e. The Balaban J connectivity index is 1.55. The maximum absolute atomic E-state index is 13.9. The zero-order valence-electron chi connectivity index (χ0n) is 23.2. The average molecular weight is 560 g/mol. The van der Waals surface area contributed by atoms with E-state index in [-0.39, 0.29) is 23.8 Å². The standard InChI is InChI=1S/C33H35F2N3O3/c1-2-41-20-8-19-37(33(40)28-11-6-12-30(35)21-28)25-32(39)38(23-26-9-4-3-5-10-26)24-31-13-7-18-36(31)22-27-14-16-29(34)17-15-27/h3-7,9-18,21H,2,8,19-20,22-25H2,1H3. The van der Waals surface area contributed by atoms with Crippen LogP contribution in [0.2, 0.25) is 0 Å². The minimum absolute atomic E-state index is 0.160. The summed E-state index contributed by atoms with van der Waals surface area (Å²) in [6.45, 7) is 4.21. The number of amides is 2. The zero-order valence-corrected chi connectivity index (χ0v) is 23.2. The number of halogens is 2. The molecule has 0 spiro atoms. The van der Waals surface area contributed by atoms with Crippen LogP contribution >= 0.6 is 0 Å². The van der Waals surface area contributed by atoms with Crippen molar-refractivity contribution in [3.63, 3.8) is 0 Å². The summed E-state index contributed by atoms with van der Waals surface area (Å²) in [6.07, 6.45) is 2.47. The van der Waals surface area contributed by atoms with Gasteiger partial charge in [-0.1, -0.05) is 48.5 Å². The molecule has 0 saturated carbocycles. The third kappa shape index (κ3) is 8.85. The highest BCUT2D eigenvalue weighted by Gasteiger charge is 2.24. The molecule has 0 unspecified atom stereocenters. The first-order chi connectivity index (χ1) is 19.9. The lowest BCUT2D eigenvalue weighted by Crippen LogP contribution is -2.43. The summed E-state index contributed by atoms with van der Waals surface area (Å²) in [5.74, 6) is -1.44. The Kier molecular flexibility index (Phi) is 10.8. The van der Waals surface area contributed by atoms with Gasteiger partial charge in [-0.2, -0.15) is 0 Å². The molecule has 0 saturated heterocycles. The van der Waals surface area contributed by atoms with E-state index < -0.39 is 11.7 Å². The molecule has 0 aliphatic heterocycles. The Bertz CT molecular complexity index is 1410. The highest BCUT2D eigenvalue weighted by molar-refractivity contribution is 5.96. The van der Waals surface area contributed by atoms with E-state index in [1.54, 1.807) is 23.1 Å². The third-order valence-corrected chi connectivity index (χ3v) is 6.72. The van der Waals surface area contributed by atoms with Crippen molar-refractivity contribution < 1.29 is 23.1 Å². The fourth-order valence-corrected chi connectivity index (χ4v) is 4.59. The summed E-state index contributed by atoms with van der Waals surface area (Å²) in [5.41, 5.74) is 2.98. The molecule has 1 aromatic heterocycles. The third-order valence-electron chi connectivity index (χ3n) is 6.72. The molecular formula is C33H35F2N3O3. The molecule has 1 heterocycles. The quantitative estimate of drug-likeness (QED) is 0.181. The van der Waals surface area contributed by atoms with Crippen molar-refractivity contribution in [2.75, 3.05) is 26.3 Å². The lowest BCUT2D eigenvalue weighted by atomic mass is 10.1. The van der Waals surface area contributed by atoms with Gasteiger partial charge in [-0.05, 0) is 66.9 Å². The number of ether oxygens (including phenoxy) is 1. The fraction of sp³-hybridized carbons (Fsp3) is 0.273. The number of rotatable bonds is 14. The molecule has 6 nitrogen and oxygen atoms in total. The molecular weight excluding hydrogens is 524 g/mol. The predicted octanol–water partition coefficient (Wildman–Crippen LogP) is 5.91. The van der Waals surface area contributed by atoms with Gasteiger partial charge in [-0.15, -0.1) is 0 Å². The highest BCUT2D eigenvalue weighted by atomic mass is 19.1. The van der Waals surface area contributed by atoms with Crippen LogP contribution in [-0.4, -0.2) is 52.5 Å². The summed E-state index contributed by atoms with van der Waals surface area (Å²) in [7, 11) is 0. The molecule has 2 amide bonds. The van der Waals surface area contributed by atoms with Crippen molar-refractivity contribution in [1.29, 1.82) is 0 Å². The SMILES string of the molecule is CCOCCCN(CC(=O)N(Cc1ccccc1)Cc1cccn1Cc1ccc(F)cc1)C(=O)c1cccc(F)c1. The molecule has 0 bridgehead atoms. The summed E-state index contributed by atoms with van der Waals surface area (Å²) in [5, 5.41) is 0. The van der Waals surface area contributed by atoms with Crippen LogP contribution in [0.5, 0.6) is 0 Å². The molecule has 0 aliphatic rings. The number of benzene rings is 3. The molecule has 214 valence electrons. The van der Waals surface area contributed by atoms with E-state index in [1.807, 2.05) is 60.2 Å². The lowest BCUT2D eigenvalue weighted by Gasteiger charge is -2.28. The maximum atomic E-state index is 13.9. The van der Waals surface area contributed by atoms with Gasteiger partial charge in [0.1, 0.15) is 18.2 Å². The van der Waals surface area contributed by atoms with E-state index in [4.69, 9.17) is 4.74 Å². The first-order valence-electron chi connectivity index (χ1n) is 13.8. The summed E-state index contributed by atoms with van der Waals surface area (Å²) < 4.78 is 34.8.